The summed E-state index contributed by atoms with van der Waals surface area (Å²) in [5.41, 5.74) is 4.32. The van der Waals surface area contributed by atoms with Crippen molar-refractivity contribution in [1.29, 1.82) is 0 Å². The minimum absolute atomic E-state index is 0.149. The first-order valence-corrected chi connectivity index (χ1v) is 16.7. The Morgan fingerprint density at radius 3 is 2.35 bits per heavy atom. The summed E-state index contributed by atoms with van der Waals surface area (Å²) in [6.45, 7) is 3.77. The monoisotopic (exact) mass is 615 g/mol. The highest BCUT2D eigenvalue weighted by atomic mass is 32.2. The van der Waals surface area contributed by atoms with E-state index in [1.807, 2.05) is 21.7 Å². The second kappa shape index (κ2) is 11.7. The third kappa shape index (κ3) is 6.23. The second-order valence-electron chi connectivity index (χ2n) is 11.7. The molecule has 0 atom stereocenters. The molecule has 0 unspecified atom stereocenters. The number of hydrogen-bond donors (Lipinski definition) is 0. The van der Waals surface area contributed by atoms with Gasteiger partial charge in [-0.05, 0) is 56.0 Å². The fourth-order valence-electron chi connectivity index (χ4n) is 6.68. The van der Waals surface area contributed by atoms with Crippen LogP contribution in [0.25, 0.3) is 11.3 Å². The molecule has 0 aliphatic carbocycles. The Kier molecular flexibility index (Phi) is 8.12. The van der Waals surface area contributed by atoms with Crippen LogP contribution < -0.4 is 4.90 Å². The second-order valence-corrected chi connectivity index (χ2v) is 13.7. The summed E-state index contributed by atoms with van der Waals surface area (Å²) in [6.07, 6.45) is 1.23. The summed E-state index contributed by atoms with van der Waals surface area (Å²) < 4.78 is 67.4. The number of fused-ring (bicyclic) bond motifs is 2. The number of rotatable bonds is 7. The molecule has 8 nitrogen and oxygen atoms in total. The van der Waals surface area contributed by atoms with Crippen molar-refractivity contribution in [3.05, 3.63) is 70.9 Å². The number of para-hydroxylation sites is 1. The summed E-state index contributed by atoms with van der Waals surface area (Å²) in [7, 11) is -3.43. The van der Waals surface area contributed by atoms with Crippen LogP contribution in [0.3, 0.4) is 0 Å². The predicted octanol–water partition coefficient (Wildman–Crippen LogP) is 4.72. The number of aromatic nitrogens is 2. The van der Waals surface area contributed by atoms with E-state index in [1.165, 1.54) is 28.3 Å². The lowest BCUT2D eigenvalue weighted by molar-refractivity contribution is -0.137. The van der Waals surface area contributed by atoms with Gasteiger partial charge in [0.1, 0.15) is 0 Å². The third-order valence-corrected chi connectivity index (χ3v) is 10.2. The molecular weight excluding hydrogens is 579 g/mol. The molecule has 230 valence electrons. The van der Waals surface area contributed by atoms with Crippen LogP contribution in [-0.2, 0) is 46.9 Å². The van der Waals surface area contributed by atoms with E-state index in [1.54, 1.807) is 0 Å². The van der Waals surface area contributed by atoms with Gasteiger partial charge in [-0.15, -0.1) is 0 Å². The smallest absolute Gasteiger partial charge is 0.309 e. The van der Waals surface area contributed by atoms with E-state index >= 15 is 0 Å². The number of hydrogen-bond acceptors (Lipinski definition) is 5. The molecule has 3 aliphatic rings. The first kappa shape index (κ1) is 29.8. The van der Waals surface area contributed by atoms with E-state index in [-0.39, 0.29) is 18.5 Å². The van der Waals surface area contributed by atoms with Crippen molar-refractivity contribution in [2.75, 3.05) is 37.3 Å². The predicted molar refractivity (Wildman–Crippen MR) is 158 cm³/mol. The Hall–Kier alpha value is -3.22. The molecule has 4 heterocycles. The highest BCUT2D eigenvalue weighted by Crippen LogP contribution is 2.35. The summed E-state index contributed by atoms with van der Waals surface area (Å²) in [5, 5.41) is 4.81. The summed E-state index contributed by atoms with van der Waals surface area (Å²) in [5.74, 6) is 0.207. The zero-order valence-corrected chi connectivity index (χ0v) is 25.0. The zero-order valence-electron chi connectivity index (χ0n) is 24.2. The van der Waals surface area contributed by atoms with E-state index < -0.39 is 21.8 Å². The van der Waals surface area contributed by atoms with Crippen molar-refractivity contribution in [2.45, 2.75) is 63.8 Å². The number of carbonyl (C=O) groups is 1. The number of sulfonamides is 1. The average Bonchev–Trinajstić information content (AvgIpc) is 3.35. The zero-order chi connectivity index (χ0) is 30.4. The van der Waals surface area contributed by atoms with Crippen molar-refractivity contribution >= 4 is 21.6 Å². The number of benzene rings is 2. The largest absolute Gasteiger partial charge is 0.416 e. The van der Waals surface area contributed by atoms with E-state index in [2.05, 4.69) is 17.0 Å². The van der Waals surface area contributed by atoms with Gasteiger partial charge in [0.2, 0.25) is 15.9 Å². The Morgan fingerprint density at radius 2 is 1.65 bits per heavy atom. The lowest BCUT2D eigenvalue weighted by Crippen LogP contribution is -2.49. The normalized spacial score (nSPS) is 19.0. The molecule has 1 aromatic heterocycles. The van der Waals surface area contributed by atoms with E-state index in [9.17, 15) is 26.4 Å². The maximum absolute atomic E-state index is 13.2. The molecule has 6 rings (SSSR count). The molecule has 0 spiro atoms. The number of carbonyl (C=O) groups excluding carboxylic acids is 1. The number of anilines is 1. The Bertz CT molecular complexity index is 1600. The highest BCUT2D eigenvalue weighted by Gasteiger charge is 2.34. The van der Waals surface area contributed by atoms with Gasteiger partial charge in [-0.3, -0.25) is 9.48 Å². The SMILES string of the molecule is CS(=O)(=O)N1CCc2c(c(-c3ccc(C(F)(F)F)cc3)nn2CCCN2CCC(N3C(=O)CCc4ccccc43)CC2)C1. The minimum atomic E-state index is -4.44. The van der Waals surface area contributed by atoms with Gasteiger partial charge < -0.3 is 9.80 Å². The van der Waals surface area contributed by atoms with Gasteiger partial charge in [0.25, 0.3) is 0 Å². The molecule has 0 N–H and O–H groups in total. The molecule has 1 saturated heterocycles. The molecule has 0 saturated carbocycles. The third-order valence-electron chi connectivity index (χ3n) is 8.95. The van der Waals surface area contributed by atoms with Crippen molar-refractivity contribution in [3.63, 3.8) is 0 Å². The van der Waals surface area contributed by atoms with Gasteiger partial charge in [0.05, 0.1) is 17.5 Å². The lowest BCUT2D eigenvalue weighted by Gasteiger charge is -2.41. The van der Waals surface area contributed by atoms with Crippen molar-refractivity contribution < 1.29 is 26.4 Å². The molecule has 0 bridgehead atoms. The molecule has 1 amide bonds. The highest BCUT2D eigenvalue weighted by molar-refractivity contribution is 7.88. The van der Waals surface area contributed by atoms with Crippen molar-refractivity contribution in [2.24, 2.45) is 0 Å². The lowest BCUT2D eigenvalue weighted by atomic mass is 9.95. The molecular formula is C31H36F3N5O3S. The maximum atomic E-state index is 13.2. The van der Waals surface area contributed by atoms with Crippen LogP contribution in [0.1, 0.15) is 48.1 Å². The molecule has 12 heteroatoms. The summed E-state index contributed by atoms with van der Waals surface area (Å²) in [4.78, 5) is 17.3. The van der Waals surface area contributed by atoms with Crippen LogP contribution in [0, 0.1) is 0 Å². The number of amides is 1. The Morgan fingerprint density at radius 1 is 0.930 bits per heavy atom. The molecule has 1 fully saturated rings. The van der Waals surface area contributed by atoms with Gasteiger partial charge in [0, 0.05) is 74.1 Å². The first-order chi connectivity index (χ1) is 20.5. The summed E-state index contributed by atoms with van der Waals surface area (Å²) >= 11 is 0. The van der Waals surface area contributed by atoms with Gasteiger partial charge in [-0.1, -0.05) is 30.3 Å². The van der Waals surface area contributed by atoms with Crippen LogP contribution in [0.2, 0.25) is 0 Å². The minimum Gasteiger partial charge on any atom is -0.309 e. The maximum Gasteiger partial charge on any atom is 0.416 e. The van der Waals surface area contributed by atoms with Crippen molar-refractivity contribution in [1.82, 2.24) is 19.0 Å². The van der Waals surface area contributed by atoms with Crippen LogP contribution in [-0.4, -0.2) is 71.8 Å². The topological polar surface area (TPSA) is 78.8 Å². The Labute approximate surface area is 250 Å². The number of likely N-dealkylation sites (tertiary alicyclic amines) is 1. The van der Waals surface area contributed by atoms with Crippen LogP contribution in [0.4, 0.5) is 18.9 Å². The molecule has 3 aromatic rings. The van der Waals surface area contributed by atoms with Gasteiger partial charge in [0.15, 0.2) is 0 Å². The Balaban J connectivity index is 1.12. The molecule has 2 aromatic carbocycles. The molecule has 43 heavy (non-hydrogen) atoms. The van der Waals surface area contributed by atoms with E-state index in [4.69, 9.17) is 5.10 Å². The summed E-state index contributed by atoms with van der Waals surface area (Å²) in [6, 6.07) is 13.3. The average molecular weight is 616 g/mol. The first-order valence-electron chi connectivity index (χ1n) is 14.8. The fraction of sp³-hybridized carbons (Fsp3) is 0.484. The van der Waals surface area contributed by atoms with Gasteiger partial charge in [-0.2, -0.15) is 22.6 Å². The van der Waals surface area contributed by atoms with E-state index in [0.717, 1.165) is 74.4 Å². The number of nitrogens with zero attached hydrogens (tertiary/aromatic N) is 5. The van der Waals surface area contributed by atoms with Crippen LogP contribution in [0.15, 0.2) is 48.5 Å². The van der Waals surface area contributed by atoms with Gasteiger partial charge in [-0.25, -0.2) is 8.42 Å². The number of piperidine rings is 1. The van der Waals surface area contributed by atoms with Crippen molar-refractivity contribution in [3.8, 4) is 11.3 Å². The number of halogens is 3. The van der Waals surface area contributed by atoms with E-state index in [0.29, 0.717) is 37.2 Å². The standard InChI is InChI=1S/C31H36F3N5O3S/c1-43(41,42)37-20-15-28-26(21-37)30(23-7-10-24(11-8-23)31(32,33)34)35-38(28)17-4-16-36-18-13-25(14-19-36)39-27-6-3-2-5-22(27)9-12-29(39)40/h2-3,5-8,10-11,25H,4,9,12-21H2,1H3. The fourth-order valence-corrected chi connectivity index (χ4v) is 7.47. The molecule has 0 radical (unpaired) electrons. The number of aryl methyl sites for hydroxylation is 2. The van der Waals surface area contributed by atoms with Gasteiger partial charge >= 0.3 is 6.18 Å². The van der Waals surface area contributed by atoms with Crippen LogP contribution >= 0.6 is 0 Å². The number of alkyl halides is 3. The quantitative estimate of drug-likeness (QED) is 0.385. The van der Waals surface area contributed by atoms with Crippen LogP contribution in [0.5, 0.6) is 0 Å². The molecule has 3 aliphatic heterocycles.